The van der Waals surface area contributed by atoms with Crippen LogP contribution in [0.2, 0.25) is 0 Å². The van der Waals surface area contributed by atoms with Gasteiger partial charge in [0.15, 0.2) is 0 Å². The van der Waals surface area contributed by atoms with E-state index in [1.807, 2.05) is 6.92 Å². The zero-order valence-electron chi connectivity index (χ0n) is 16.6. The number of nitrogens with zero attached hydrogens (tertiary/aromatic N) is 2. The molecule has 1 aliphatic rings. The summed E-state index contributed by atoms with van der Waals surface area (Å²) in [6.45, 7) is 21.2. The first-order chi connectivity index (χ1) is 10.8. The number of hydrogen-bond donors (Lipinski definition) is 0. The van der Waals surface area contributed by atoms with Crippen molar-refractivity contribution in [3.05, 3.63) is 34.9 Å². The molecule has 0 bridgehead atoms. The fraction of sp³-hybridized carbons (Fsp3) is 0.667. The van der Waals surface area contributed by atoms with Crippen molar-refractivity contribution in [3.63, 3.8) is 0 Å². The van der Waals surface area contributed by atoms with E-state index in [0.29, 0.717) is 12.1 Å². The van der Waals surface area contributed by atoms with E-state index in [4.69, 9.17) is 27.6 Å². The van der Waals surface area contributed by atoms with Crippen LogP contribution in [0.1, 0.15) is 69.2 Å². The number of amidine groups is 1. The molecule has 141 valence electrons. The van der Waals surface area contributed by atoms with E-state index < -0.39 is 15.2 Å². The van der Waals surface area contributed by atoms with Crippen LogP contribution in [0.4, 0.5) is 0 Å². The maximum atomic E-state index is 5.01. The molecule has 1 rings (SSSR count). The second kappa shape index (κ2) is 14.2. The average Bonchev–Trinajstić information content (AvgIpc) is 2.55. The van der Waals surface area contributed by atoms with Gasteiger partial charge in [0, 0.05) is 0 Å². The number of halogens is 3. The van der Waals surface area contributed by atoms with Gasteiger partial charge in [0.2, 0.25) is 0 Å². The van der Waals surface area contributed by atoms with E-state index in [9.17, 15) is 0 Å². The van der Waals surface area contributed by atoms with Crippen molar-refractivity contribution in [2.45, 2.75) is 81.3 Å². The molecule has 0 atom stereocenters. The summed E-state index contributed by atoms with van der Waals surface area (Å²) in [4.78, 5) is 4.27. The predicted octanol–water partition coefficient (Wildman–Crippen LogP) is 7.63. The minimum absolute atomic E-state index is 0.363. The van der Waals surface area contributed by atoms with Crippen LogP contribution in [0.3, 0.4) is 0 Å². The second-order valence-electron chi connectivity index (χ2n) is 6.31. The van der Waals surface area contributed by atoms with Crippen LogP contribution < -0.4 is 0 Å². The Labute approximate surface area is 169 Å². The predicted molar refractivity (Wildman–Crippen MR) is 109 cm³/mol. The summed E-state index contributed by atoms with van der Waals surface area (Å²) in [5.41, 5.74) is 0. The summed E-state index contributed by atoms with van der Waals surface area (Å²) in [5, 5.41) is 4.27. The van der Waals surface area contributed by atoms with E-state index in [1.165, 1.54) is 29.6 Å². The van der Waals surface area contributed by atoms with Crippen molar-refractivity contribution < 1.29 is 15.2 Å². The van der Waals surface area contributed by atoms with Crippen LogP contribution in [-0.2, 0) is 15.2 Å². The van der Waals surface area contributed by atoms with Gasteiger partial charge in [-0.2, -0.15) is 0 Å². The first-order valence-corrected chi connectivity index (χ1v) is 20.0. The van der Waals surface area contributed by atoms with Gasteiger partial charge in [-0.1, -0.05) is 68.1 Å². The number of hydrogen-bond acceptors (Lipinski definition) is 1. The molecule has 0 amide bonds. The van der Waals surface area contributed by atoms with E-state index in [-0.39, 0.29) is 0 Å². The molecule has 5 radical (unpaired) electrons. The van der Waals surface area contributed by atoms with Gasteiger partial charge in [-0.3, -0.25) is 0 Å². The minimum atomic E-state index is -2.18. The third kappa shape index (κ3) is 13.3. The summed E-state index contributed by atoms with van der Waals surface area (Å²) < 4.78 is 0. The Bertz CT molecular complexity index is 302. The molecule has 0 saturated heterocycles. The van der Waals surface area contributed by atoms with Crippen LogP contribution in [0.5, 0.6) is 0 Å². The van der Waals surface area contributed by atoms with Crippen LogP contribution in [0.15, 0.2) is 4.99 Å². The van der Waals surface area contributed by atoms with Crippen molar-refractivity contribution in [1.82, 2.24) is 0 Å². The fourth-order valence-electron chi connectivity index (χ4n) is 2.19. The summed E-state index contributed by atoms with van der Waals surface area (Å²) in [5.74, 6) is 8.25. The summed E-state index contributed by atoms with van der Waals surface area (Å²) in [6, 6.07) is 0.727. The molecule has 1 saturated carbocycles. The molecule has 0 heterocycles. The molecule has 0 spiro atoms. The van der Waals surface area contributed by atoms with Gasteiger partial charge in [0.25, 0.3) is 0 Å². The first-order valence-electron chi connectivity index (χ1n) is 8.03. The Hall–Kier alpha value is 1.08. The van der Waals surface area contributed by atoms with Crippen molar-refractivity contribution in [3.8, 4) is 0 Å². The molecule has 0 N–H and O–H groups in total. The molecule has 1 aliphatic carbocycles. The molecule has 0 unspecified atom stereocenters. The summed E-state index contributed by atoms with van der Waals surface area (Å²) in [6.07, 6.45) is 0. The Morgan fingerprint density at radius 3 is 1.21 bits per heavy atom. The van der Waals surface area contributed by atoms with Crippen molar-refractivity contribution >= 4 is 33.4 Å². The SMILES string of the molecule is CC(=NC(C)C)[N-]C(C)C.C[C]1[C](C)[C](C)[C](C)[C]1C.[Cl][Ta]([Cl])[Cl]. The molecule has 0 aromatic heterocycles. The van der Waals surface area contributed by atoms with Gasteiger partial charge in [0.1, 0.15) is 0 Å². The third-order valence-electron chi connectivity index (χ3n) is 3.70. The zero-order valence-corrected chi connectivity index (χ0v) is 22.1. The van der Waals surface area contributed by atoms with Crippen LogP contribution in [0, 0.1) is 29.6 Å². The number of rotatable bonds is 2. The van der Waals surface area contributed by atoms with Crippen molar-refractivity contribution in [1.29, 1.82) is 0 Å². The van der Waals surface area contributed by atoms with Crippen molar-refractivity contribution in [2.75, 3.05) is 0 Å². The summed E-state index contributed by atoms with van der Waals surface area (Å²) in [7, 11) is 15.0. The van der Waals surface area contributed by atoms with Crippen LogP contribution in [0.25, 0.3) is 5.32 Å². The zero-order chi connectivity index (χ0) is 19.6. The third-order valence-corrected chi connectivity index (χ3v) is 3.70. The normalized spacial score (nSPS) is 18.8. The quantitative estimate of drug-likeness (QED) is 0.244. The van der Waals surface area contributed by atoms with Crippen LogP contribution >= 0.6 is 27.6 Å². The molecule has 0 aromatic carbocycles. The van der Waals surface area contributed by atoms with Gasteiger partial charge >= 0.3 is 42.8 Å². The molecular weight excluding hydrogens is 532 g/mol. The monoisotopic (exact) mass is 562 g/mol. The Morgan fingerprint density at radius 1 is 0.792 bits per heavy atom. The molecular formula is C18H32Cl3N2Ta-. The molecule has 0 aromatic rings. The van der Waals surface area contributed by atoms with E-state index in [1.54, 1.807) is 0 Å². The fourth-order valence-corrected chi connectivity index (χ4v) is 2.19. The number of aliphatic imine (C=N–C) groups is 1. The van der Waals surface area contributed by atoms with Gasteiger partial charge in [-0.15, -0.1) is 0 Å². The standard InChI is InChI=1S/C10H15.C8H17N2.3ClH.Ta/c1-6-7(2)9(4)10(5)8(6)3;1-6(2)9-8(5)10-7(3)4;;;;/h1-5H3;6-7H,1-5H3;3*1H;/q;-1;;;;+3/p-3. The topological polar surface area (TPSA) is 26.5 Å². The van der Waals surface area contributed by atoms with Gasteiger partial charge < -0.3 is 10.3 Å². The Kier molecular flexibility index (Phi) is 16.1. The Morgan fingerprint density at radius 2 is 1.04 bits per heavy atom. The van der Waals surface area contributed by atoms with Gasteiger partial charge in [-0.25, -0.2) is 0 Å². The van der Waals surface area contributed by atoms with E-state index in [2.05, 4.69) is 72.6 Å². The average molecular weight is 564 g/mol. The molecule has 0 aliphatic heterocycles. The van der Waals surface area contributed by atoms with Gasteiger partial charge in [0.05, 0.1) is 0 Å². The molecule has 1 fully saturated rings. The second-order valence-corrected chi connectivity index (χ2v) is 20.2. The first kappa shape index (κ1) is 27.3. The van der Waals surface area contributed by atoms with Gasteiger partial charge in [-0.05, 0) is 48.6 Å². The molecule has 6 heteroatoms. The van der Waals surface area contributed by atoms with E-state index >= 15 is 0 Å². The maximum absolute atomic E-state index is 5.01. The Balaban J connectivity index is 0. The molecule has 24 heavy (non-hydrogen) atoms. The van der Waals surface area contributed by atoms with Crippen LogP contribution in [-0.4, -0.2) is 17.9 Å². The van der Waals surface area contributed by atoms with E-state index in [0.717, 1.165) is 5.84 Å². The molecule has 2 nitrogen and oxygen atoms in total. The van der Waals surface area contributed by atoms with Crippen molar-refractivity contribution in [2.24, 2.45) is 4.99 Å². The summed E-state index contributed by atoms with van der Waals surface area (Å²) >= 11 is -2.18.